The van der Waals surface area contributed by atoms with Crippen LogP contribution in [-0.4, -0.2) is 23.7 Å². The Kier molecular flexibility index (Phi) is 6.39. The van der Waals surface area contributed by atoms with Gasteiger partial charge in [0.2, 0.25) is 0 Å². The van der Waals surface area contributed by atoms with E-state index in [1.54, 1.807) is 12.4 Å². The number of aromatic nitrogens is 1. The Hall–Kier alpha value is -1.77. The minimum absolute atomic E-state index is 0.177. The standard InChI is InChI=1S/C18H12Br3N3O2/c19-12-5-3-11(4-6-12)9-23-24-16(25)10-26-18-15(21)8-14(20)13-2-1-7-22-17(13)18/h1-9H,10H2,(H,24,25)/b23-9+. The second-order valence-electron chi connectivity index (χ2n) is 5.20. The topological polar surface area (TPSA) is 63.6 Å². The first-order chi connectivity index (χ1) is 12.5. The molecule has 1 aromatic heterocycles. The van der Waals surface area contributed by atoms with Gasteiger partial charge in [-0.3, -0.25) is 9.78 Å². The molecule has 3 aromatic rings. The van der Waals surface area contributed by atoms with Crippen molar-refractivity contribution in [1.82, 2.24) is 10.4 Å². The van der Waals surface area contributed by atoms with Gasteiger partial charge in [-0.1, -0.05) is 50.1 Å². The molecule has 3 rings (SSSR count). The summed E-state index contributed by atoms with van der Waals surface area (Å²) in [4.78, 5) is 16.3. The highest BCUT2D eigenvalue weighted by molar-refractivity contribution is 9.11. The van der Waals surface area contributed by atoms with Gasteiger partial charge in [0.15, 0.2) is 12.4 Å². The SMILES string of the molecule is O=C(COc1c(Br)cc(Br)c2cccnc12)N/N=C/c1ccc(Br)cc1. The van der Waals surface area contributed by atoms with E-state index in [4.69, 9.17) is 4.74 Å². The van der Waals surface area contributed by atoms with Gasteiger partial charge in [0, 0.05) is 20.5 Å². The van der Waals surface area contributed by atoms with E-state index in [1.807, 2.05) is 42.5 Å². The Morgan fingerprint density at radius 2 is 1.92 bits per heavy atom. The maximum atomic E-state index is 12.0. The van der Waals surface area contributed by atoms with Crippen LogP contribution in [0.25, 0.3) is 10.9 Å². The van der Waals surface area contributed by atoms with E-state index < -0.39 is 0 Å². The van der Waals surface area contributed by atoms with Crippen molar-refractivity contribution in [2.45, 2.75) is 0 Å². The van der Waals surface area contributed by atoms with Crippen molar-refractivity contribution in [3.63, 3.8) is 0 Å². The predicted octanol–water partition coefficient (Wildman–Crippen LogP) is 5.05. The number of hydrogen-bond acceptors (Lipinski definition) is 4. The van der Waals surface area contributed by atoms with Crippen molar-refractivity contribution in [2.24, 2.45) is 5.10 Å². The van der Waals surface area contributed by atoms with Crippen LogP contribution in [0, 0.1) is 0 Å². The molecule has 0 radical (unpaired) electrons. The van der Waals surface area contributed by atoms with Crippen LogP contribution in [-0.2, 0) is 4.79 Å². The number of rotatable bonds is 5. The number of amides is 1. The zero-order chi connectivity index (χ0) is 18.5. The molecule has 2 aromatic carbocycles. The fraction of sp³-hybridized carbons (Fsp3) is 0.0556. The van der Waals surface area contributed by atoms with Gasteiger partial charge >= 0.3 is 0 Å². The molecule has 0 saturated carbocycles. The van der Waals surface area contributed by atoms with E-state index in [-0.39, 0.29) is 12.5 Å². The molecule has 0 spiro atoms. The number of nitrogens with zero attached hydrogens (tertiary/aromatic N) is 2. The maximum Gasteiger partial charge on any atom is 0.277 e. The van der Waals surface area contributed by atoms with Crippen LogP contribution in [0.15, 0.2) is 67.2 Å². The van der Waals surface area contributed by atoms with Gasteiger partial charge in [-0.2, -0.15) is 5.10 Å². The van der Waals surface area contributed by atoms with Gasteiger partial charge < -0.3 is 4.74 Å². The predicted molar refractivity (Wildman–Crippen MR) is 113 cm³/mol. The van der Waals surface area contributed by atoms with Crippen LogP contribution in [0.3, 0.4) is 0 Å². The van der Waals surface area contributed by atoms with Crippen LogP contribution in [0.2, 0.25) is 0 Å². The van der Waals surface area contributed by atoms with Crippen LogP contribution in [0.4, 0.5) is 0 Å². The molecular formula is C18H12Br3N3O2. The number of hydrazone groups is 1. The van der Waals surface area contributed by atoms with Crippen LogP contribution < -0.4 is 10.2 Å². The Morgan fingerprint density at radius 1 is 1.15 bits per heavy atom. The largest absolute Gasteiger partial charge is 0.480 e. The highest BCUT2D eigenvalue weighted by Crippen LogP contribution is 2.37. The van der Waals surface area contributed by atoms with Crippen LogP contribution >= 0.6 is 47.8 Å². The van der Waals surface area contributed by atoms with E-state index >= 15 is 0 Å². The molecule has 0 aliphatic heterocycles. The summed E-state index contributed by atoms with van der Waals surface area (Å²) < 4.78 is 8.24. The normalized spacial score (nSPS) is 11.0. The second kappa shape index (κ2) is 8.75. The maximum absolute atomic E-state index is 12.0. The molecule has 0 aliphatic rings. The smallest absolute Gasteiger partial charge is 0.277 e. The van der Waals surface area contributed by atoms with Gasteiger partial charge in [0.05, 0.1) is 10.7 Å². The Balaban J connectivity index is 1.65. The molecule has 26 heavy (non-hydrogen) atoms. The molecule has 1 heterocycles. The fourth-order valence-electron chi connectivity index (χ4n) is 2.18. The fourth-order valence-corrected chi connectivity index (χ4v) is 3.83. The van der Waals surface area contributed by atoms with Crippen molar-refractivity contribution in [3.8, 4) is 5.75 Å². The quantitative estimate of drug-likeness (QED) is 0.363. The minimum Gasteiger partial charge on any atom is -0.480 e. The second-order valence-corrected chi connectivity index (χ2v) is 7.83. The van der Waals surface area contributed by atoms with E-state index in [9.17, 15) is 4.79 Å². The van der Waals surface area contributed by atoms with Crippen molar-refractivity contribution >= 4 is 70.8 Å². The average molecular weight is 542 g/mol. The van der Waals surface area contributed by atoms with E-state index in [1.165, 1.54) is 0 Å². The number of ether oxygens (including phenoxy) is 1. The summed E-state index contributed by atoms with van der Waals surface area (Å²) in [6, 6.07) is 13.2. The minimum atomic E-state index is -0.364. The average Bonchev–Trinajstić information content (AvgIpc) is 2.63. The van der Waals surface area contributed by atoms with E-state index in [0.29, 0.717) is 15.7 Å². The summed E-state index contributed by atoms with van der Waals surface area (Å²) in [6.45, 7) is -0.177. The molecule has 132 valence electrons. The van der Waals surface area contributed by atoms with Crippen LogP contribution in [0.5, 0.6) is 5.75 Å². The molecule has 0 aliphatic carbocycles. The molecule has 1 N–H and O–H groups in total. The summed E-state index contributed by atoms with van der Waals surface area (Å²) in [6.07, 6.45) is 3.24. The van der Waals surface area contributed by atoms with Gasteiger partial charge in [-0.15, -0.1) is 0 Å². The summed E-state index contributed by atoms with van der Waals surface area (Å²) in [5.41, 5.74) is 3.99. The molecule has 0 atom stereocenters. The lowest BCUT2D eigenvalue weighted by Crippen LogP contribution is -2.24. The van der Waals surface area contributed by atoms with E-state index in [0.717, 1.165) is 19.9 Å². The monoisotopic (exact) mass is 539 g/mol. The summed E-state index contributed by atoms with van der Waals surface area (Å²) in [5.74, 6) is 0.146. The highest BCUT2D eigenvalue weighted by Gasteiger charge is 2.13. The van der Waals surface area contributed by atoms with Crippen molar-refractivity contribution in [3.05, 3.63) is 67.6 Å². The van der Waals surface area contributed by atoms with Crippen molar-refractivity contribution in [2.75, 3.05) is 6.61 Å². The number of fused-ring (bicyclic) bond motifs is 1. The lowest BCUT2D eigenvalue weighted by Gasteiger charge is -2.11. The van der Waals surface area contributed by atoms with E-state index in [2.05, 4.69) is 63.3 Å². The Labute approximate surface area is 175 Å². The number of halogens is 3. The molecule has 8 heteroatoms. The zero-order valence-electron chi connectivity index (χ0n) is 13.2. The first-order valence-electron chi connectivity index (χ1n) is 7.47. The number of carbonyl (C=O) groups is 1. The summed E-state index contributed by atoms with van der Waals surface area (Å²) in [7, 11) is 0. The van der Waals surface area contributed by atoms with Gasteiger partial charge in [0.1, 0.15) is 5.52 Å². The van der Waals surface area contributed by atoms with Crippen molar-refractivity contribution in [1.29, 1.82) is 0 Å². The summed E-state index contributed by atoms with van der Waals surface area (Å²) >= 11 is 10.3. The molecule has 5 nitrogen and oxygen atoms in total. The third-order valence-corrected chi connectivity index (χ3v) is 5.14. The van der Waals surface area contributed by atoms with Crippen molar-refractivity contribution < 1.29 is 9.53 Å². The molecule has 0 fully saturated rings. The molecule has 1 amide bonds. The highest BCUT2D eigenvalue weighted by atomic mass is 79.9. The lowest BCUT2D eigenvalue weighted by atomic mass is 10.2. The number of nitrogens with one attached hydrogen (secondary N) is 1. The zero-order valence-corrected chi connectivity index (χ0v) is 18.0. The summed E-state index contributed by atoms with van der Waals surface area (Å²) in [5, 5.41) is 4.83. The number of benzene rings is 2. The van der Waals surface area contributed by atoms with Gasteiger partial charge in [-0.25, -0.2) is 5.43 Å². The molecule has 0 bridgehead atoms. The molecule has 0 saturated heterocycles. The lowest BCUT2D eigenvalue weighted by molar-refractivity contribution is -0.123. The number of carbonyl (C=O) groups excluding carboxylic acids is 1. The first-order valence-corrected chi connectivity index (χ1v) is 9.85. The number of pyridine rings is 1. The third-order valence-electron chi connectivity index (χ3n) is 3.37. The number of hydrogen-bond donors (Lipinski definition) is 1. The van der Waals surface area contributed by atoms with Crippen LogP contribution in [0.1, 0.15) is 5.56 Å². The third kappa shape index (κ3) is 4.69. The molecule has 0 unspecified atom stereocenters. The van der Waals surface area contributed by atoms with Gasteiger partial charge in [0.25, 0.3) is 5.91 Å². The Bertz CT molecular complexity index is 975. The van der Waals surface area contributed by atoms with Gasteiger partial charge in [-0.05, 0) is 45.8 Å². The molecular weight excluding hydrogens is 530 g/mol. The Morgan fingerprint density at radius 3 is 2.69 bits per heavy atom. The first kappa shape index (κ1) is 19.0.